The third-order valence-corrected chi connectivity index (χ3v) is 4.57. The molecule has 0 aliphatic carbocycles. The first kappa shape index (κ1) is 25.5. The second-order valence-corrected chi connectivity index (χ2v) is 6.94. The van der Waals surface area contributed by atoms with Crippen LogP contribution in [0.1, 0.15) is 25.0 Å². The van der Waals surface area contributed by atoms with Gasteiger partial charge in [0.25, 0.3) is 0 Å². The highest BCUT2D eigenvalue weighted by molar-refractivity contribution is 7.81. The highest BCUT2D eigenvalue weighted by Crippen LogP contribution is 2.29. The molecule has 0 radical (unpaired) electrons. The van der Waals surface area contributed by atoms with Gasteiger partial charge in [-0.3, -0.25) is 10.1 Å². The molecular formula is C23H29NO7S. The van der Waals surface area contributed by atoms with Crippen LogP contribution in [0.15, 0.2) is 54.6 Å². The Balaban J connectivity index is 2.22. The standard InChI is InChI=1S/C23H29NO7S/c1-2-28-20(11-13-30-21(26)16-32)22(17-7-6-10-19(15-17)29-14-12-25)31-23(27)24-18-8-4-3-5-9-18/h3-10,15,20,22,25,32H,2,11-14,16H2,1H3,(H,24,27)/t20-,22-/m0/s1. The SMILES string of the molecule is CCO[C@@H](CCOC(=O)CS)[C@@H](OC(=O)Nc1ccccc1)c1cccc(OCCO)c1. The van der Waals surface area contributed by atoms with Gasteiger partial charge < -0.3 is 24.1 Å². The lowest BCUT2D eigenvalue weighted by Gasteiger charge is -2.27. The summed E-state index contributed by atoms with van der Waals surface area (Å²) in [6.07, 6.45) is -1.73. The van der Waals surface area contributed by atoms with Crippen molar-refractivity contribution in [2.75, 3.05) is 37.5 Å². The predicted molar refractivity (Wildman–Crippen MR) is 123 cm³/mol. The van der Waals surface area contributed by atoms with Gasteiger partial charge in [0, 0.05) is 18.7 Å². The average molecular weight is 464 g/mol. The molecule has 0 unspecified atom stereocenters. The van der Waals surface area contributed by atoms with Gasteiger partial charge in [-0.25, -0.2) is 4.79 Å². The van der Waals surface area contributed by atoms with Gasteiger partial charge >= 0.3 is 12.1 Å². The van der Waals surface area contributed by atoms with E-state index in [1.165, 1.54) is 0 Å². The first-order chi connectivity index (χ1) is 15.6. The van der Waals surface area contributed by atoms with E-state index in [-0.39, 0.29) is 25.6 Å². The van der Waals surface area contributed by atoms with Crippen LogP contribution in [0.3, 0.4) is 0 Å². The molecule has 0 aromatic heterocycles. The van der Waals surface area contributed by atoms with Crippen molar-refractivity contribution in [3.63, 3.8) is 0 Å². The third kappa shape index (κ3) is 8.78. The van der Waals surface area contributed by atoms with Gasteiger partial charge in [-0.1, -0.05) is 30.3 Å². The summed E-state index contributed by atoms with van der Waals surface area (Å²) in [6.45, 7) is 2.30. The lowest BCUT2D eigenvalue weighted by atomic mass is 10.0. The van der Waals surface area contributed by atoms with Crippen LogP contribution in [0, 0.1) is 0 Å². The zero-order valence-electron chi connectivity index (χ0n) is 17.9. The van der Waals surface area contributed by atoms with Crippen LogP contribution in [0.5, 0.6) is 5.75 Å². The van der Waals surface area contributed by atoms with Crippen LogP contribution < -0.4 is 10.1 Å². The van der Waals surface area contributed by atoms with Crippen molar-refractivity contribution in [2.24, 2.45) is 0 Å². The molecule has 2 rings (SSSR count). The second-order valence-electron chi connectivity index (χ2n) is 6.62. The summed E-state index contributed by atoms with van der Waals surface area (Å²) in [6, 6.07) is 15.9. The van der Waals surface area contributed by atoms with E-state index in [2.05, 4.69) is 17.9 Å². The normalized spacial score (nSPS) is 12.5. The number of carbonyl (C=O) groups is 2. The van der Waals surface area contributed by atoms with Crippen LogP contribution >= 0.6 is 12.6 Å². The third-order valence-electron chi connectivity index (χ3n) is 4.31. The van der Waals surface area contributed by atoms with E-state index >= 15 is 0 Å². The molecule has 8 nitrogen and oxygen atoms in total. The maximum atomic E-state index is 12.6. The Labute approximate surface area is 193 Å². The van der Waals surface area contributed by atoms with Crippen molar-refractivity contribution in [2.45, 2.75) is 25.6 Å². The maximum absolute atomic E-state index is 12.6. The Morgan fingerprint density at radius 1 is 1.09 bits per heavy atom. The Hall–Kier alpha value is -2.75. The summed E-state index contributed by atoms with van der Waals surface area (Å²) in [7, 11) is 0. The fourth-order valence-electron chi connectivity index (χ4n) is 2.96. The number of rotatable bonds is 13. The number of para-hydroxylation sites is 1. The smallest absolute Gasteiger partial charge is 0.412 e. The number of carbonyl (C=O) groups excluding carboxylic acids is 2. The average Bonchev–Trinajstić information content (AvgIpc) is 2.81. The zero-order valence-corrected chi connectivity index (χ0v) is 18.8. The summed E-state index contributed by atoms with van der Waals surface area (Å²) >= 11 is 3.90. The molecule has 0 spiro atoms. The number of benzene rings is 2. The topological polar surface area (TPSA) is 103 Å². The minimum absolute atomic E-state index is 0.0248. The van der Waals surface area contributed by atoms with E-state index in [0.29, 0.717) is 30.0 Å². The van der Waals surface area contributed by atoms with E-state index in [4.69, 9.17) is 24.1 Å². The van der Waals surface area contributed by atoms with Crippen LogP contribution in [0.4, 0.5) is 10.5 Å². The molecule has 0 saturated heterocycles. The largest absolute Gasteiger partial charge is 0.491 e. The Bertz CT molecular complexity index is 834. The Morgan fingerprint density at radius 3 is 2.56 bits per heavy atom. The number of nitrogens with one attached hydrogen (secondary N) is 1. The number of esters is 1. The molecule has 9 heteroatoms. The summed E-state index contributed by atoms with van der Waals surface area (Å²) in [4.78, 5) is 24.1. The van der Waals surface area contributed by atoms with E-state index in [1.54, 1.807) is 48.5 Å². The Morgan fingerprint density at radius 2 is 1.88 bits per heavy atom. The fraction of sp³-hybridized carbons (Fsp3) is 0.391. The Kier molecular flexibility index (Phi) is 11.4. The van der Waals surface area contributed by atoms with Gasteiger partial charge in [-0.05, 0) is 36.8 Å². The van der Waals surface area contributed by atoms with Gasteiger partial charge in [0.2, 0.25) is 0 Å². The number of hydrogen-bond acceptors (Lipinski definition) is 8. The van der Waals surface area contributed by atoms with Crippen molar-refractivity contribution in [3.8, 4) is 5.75 Å². The van der Waals surface area contributed by atoms with E-state index in [9.17, 15) is 9.59 Å². The van der Waals surface area contributed by atoms with Crippen molar-refractivity contribution >= 4 is 30.4 Å². The summed E-state index contributed by atoms with van der Waals surface area (Å²) < 4.78 is 22.2. The van der Waals surface area contributed by atoms with Crippen LogP contribution in [-0.2, 0) is 19.0 Å². The highest BCUT2D eigenvalue weighted by atomic mass is 32.1. The number of aliphatic hydroxyl groups is 1. The maximum Gasteiger partial charge on any atom is 0.412 e. The minimum Gasteiger partial charge on any atom is -0.491 e. The molecule has 2 aromatic carbocycles. The molecule has 32 heavy (non-hydrogen) atoms. The second kappa shape index (κ2) is 14.3. The van der Waals surface area contributed by atoms with Crippen molar-refractivity contribution in [1.29, 1.82) is 0 Å². The first-order valence-electron chi connectivity index (χ1n) is 10.3. The molecule has 0 fully saturated rings. The van der Waals surface area contributed by atoms with E-state index in [1.807, 2.05) is 13.0 Å². The summed E-state index contributed by atoms with van der Waals surface area (Å²) in [5.74, 6) is 0.0517. The lowest BCUT2D eigenvalue weighted by Crippen LogP contribution is -2.30. The molecular weight excluding hydrogens is 434 g/mol. The molecule has 2 aromatic rings. The molecule has 0 heterocycles. The molecule has 2 N–H and O–H groups in total. The van der Waals surface area contributed by atoms with Crippen molar-refractivity contribution in [3.05, 3.63) is 60.2 Å². The summed E-state index contributed by atoms with van der Waals surface area (Å²) in [5.41, 5.74) is 1.23. The molecule has 0 bridgehead atoms. The molecule has 2 atom stereocenters. The molecule has 0 saturated carbocycles. The predicted octanol–water partition coefficient (Wildman–Crippen LogP) is 3.62. The highest BCUT2D eigenvalue weighted by Gasteiger charge is 2.28. The number of hydrogen-bond donors (Lipinski definition) is 3. The van der Waals surface area contributed by atoms with Gasteiger partial charge in [-0.15, -0.1) is 0 Å². The monoisotopic (exact) mass is 463 g/mol. The van der Waals surface area contributed by atoms with Crippen LogP contribution in [-0.4, -0.2) is 55.5 Å². The van der Waals surface area contributed by atoms with Gasteiger partial charge in [-0.2, -0.15) is 12.6 Å². The lowest BCUT2D eigenvalue weighted by molar-refractivity contribution is -0.142. The van der Waals surface area contributed by atoms with Crippen molar-refractivity contribution < 1.29 is 33.6 Å². The molecule has 0 aliphatic heterocycles. The fourth-order valence-corrected chi connectivity index (χ4v) is 3.05. The van der Waals surface area contributed by atoms with Crippen molar-refractivity contribution in [1.82, 2.24) is 0 Å². The number of thiol groups is 1. The zero-order chi connectivity index (χ0) is 23.2. The van der Waals surface area contributed by atoms with Crippen LogP contribution in [0.25, 0.3) is 0 Å². The number of ether oxygens (including phenoxy) is 4. The van der Waals surface area contributed by atoms with E-state index in [0.717, 1.165) is 0 Å². The molecule has 1 amide bonds. The minimum atomic E-state index is -0.800. The van der Waals surface area contributed by atoms with Gasteiger partial charge in [0.1, 0.15) is 18.5 Å². The number of anilines is 1. The number of aliphatic hydroxyl groups excluding tert-OH is 1. The summed E-state index contributed by atoms with van der Waals surface area (Å²) in [5, 5.41) is 11.7. The van der Waals surface area contributed by atoms with E-state index < -0.39 is 24.3 Å². The first-order valence-corrected chi connectivity index (χ1v) is 10.9. The van der Waals surface area contributed by atoms with Gasteiger partial charge in [0.15, 0.2) is 6.10 Å². The van der Waals surface area contributed by atoms with Gasteiger partial charge in [0.05, 0.1) is 19.0 Å². The molecule has 0 aliphatic rings. The number of amides is 1. The molecule has 174 valence electrons. The van der Waals surface area contributed by atoms with Crippen LogP contribution in [0.2, 0.25) is 0 Å². The quantitative estimate of drug-likeness (QED) is 0.308.